The van der Waals surface area contributed by atoms with E-state index in [0.717, 1.165) is 5.92 Å². The highest BCUT2D eigenvalue weighted by molar-refractivity contribution is 7.12. The molecule has 18 heavy (non-hydrogen) atoms. The van der Waals surface area contributed by atoms with Gasteiger partial charge in [-0.25, -0.2) is 0 Å². The molecule has 0 bridgehead atoms. The minimum Gasteiger partial charge on any atom is -0.387 e. The van der Waals surface area contributed by atoms with Crippen LogP contribution in [0.1, 0.15) is 66.9 Å². The monoisotopic (exact) mass is 264 g/mol. The summed E-state index contributed by atoms with van der Waals surface area (Å²) in [5.41, 5.74) is 1.53. The van der Waals surface area contributed by atoms with Gasteiger partial charge < -0.3 is 5.11 Å². The van der Waals surface area contributed by atoms with E-state index in [1.165, 1.54) is 61.8 Å². The molecule has 2 aliphatic carbocycles. The number of fused-ring (bicyclic) bond motifs is 1. The van der Waals surface area contributed by atoms with E-state index in [0.29, 0.717) is 5.92 Å². The molecule has 100 valence electrons. The number of hydrogen-bond acceptors (Lipinski definition) is 2. The summed E-state index contributed by atoms with van der Waals surface area (Å²) in [6.45, 7) is 2.28. The Balaban J connectivity index is 1.77. The average molecular weight is 264 g/mol. The van der Waals surface area contributed by atoms with Crippen LogP contribution in [0, 0.1) is 11.8 Å². The van der Waals surface area contributed by atoms with Crippen LogP contribution in [0.15, 0.2) is 6.07 Å². The fourth-order valence-electron chi connectivity index (χ4n) is 3.87. The van der Waals surface area contributed by atoms with Gasteiger partial charge in [0.05, 0.1) is 6.10 Å². The molecule has 1 aromatic heterocycles. The van der Waals surface area contributed by atoms with Gasteiger partial charge in [0.2, 0.25) is 0 Å². The Kier molecular flexibility index (Phi) is 3.76. The third-order valence-electron chi connectivity index (χ3n) is 4.95. The molecule has 2 heteroatoms. The third kappa shape index (κ3) is 2.25. The molecule has 0 aromatic carbocycles. The first-order chi connectivity index (χ1) is 8.79. The zero-order valence-corrected chi connectivity index (χ0v) is 12.1. The number of aliphatic hydroxyl groups excluding tert-OH is 1. The first-order valence-corrected chi connectivity index (χ1v) is 8.40. The minimum atomic E-state index is -0.189. The van der Waals surface area contributed by atoms with Gasteiger partial charge in [0, 0.05) is 9.75 Å². The van der Waals surface area contributed by atoms with Crippen LogP contribution in [0.3, 0.4) is 0 Å². The zero-order chi connectivity index (χ0) is 12.5. The number of aryl methyl sites for hydroxylation is 2. The van der Waals surface area contributed by atoms with E-state index in [1.54, 1.807) is 4.88 Å². The van der Waals surface area contributed by atoms with Crippen molar-refractivity contribution in [2.75, 3.05) is 0 Å². The van der Waals surface area contributed by atoms with Gasteiger partial charge in [0.1, 0.15) is 0 Å². The highest BCUT2D eigenvalue weighted by atomic mass is 32.1. The lowest BCUT2D eigenvalue weighted by Gasteiger charge is -2.34. The van der Waals surface area contributed by atoms with Crippen molar-refractivity contribution in [2.24, 2.45) is 11.8 Å². The Morgan fingerprint density at radius 1 is 1.28 bits per heavy atom. The standard InChI is InChI=1S/C16H24OS/c1-2-11-6-3-4-8-13(11)16(17)15-10-12-7-5-9-14(12)18-15/h10-11,13,16-17H,2-9H2,1H3. The lowest BCUT2D eigenvalue weighted by Crippen LogP contribution is -2.24. The van der Waals surface area contributed by atoms with Crippen LogP contribution in [0.4, 0.5) is 0 Å². The van der Waals surface area contributed by atoms with Crippen LogP contribution in [0.2, 0.25) is 0 Å². The first-order valence-electron chi connectivity index (χ1n) is 7.59. The Bertz CT molecular complexity index is 388. The molecule has 0 aliphatic heterocycles. The summed E-state index contributed by atoms with van der Waals surface area (Å²) in [5.74, 6) is 1.26. The van der Waals surface area contributed by atoms with E-state index in [9.17, 15) is 5.11 Å². The molecule has 3 rings (SSSR count). The first kappa shape index (κ1) is 12.7. The van der Waals surface area contributed by atoms with Crippen LogP contribution in [0.5, 0.6) is 0 Å². The van der Waals surface area contributed by atoms with E-state index < -0.39 is 0 Å². The second kappa shape index (κ2) is 5.34. The highest BCUT2D eigenvalue weighted by Gasteiger charge is 2.32. The van der Waals surface area contributed by atoms with Gasteiger partial charge in [-0.15, -0.1) is 11.3 Å². The second-order valence-electron chi connectivity index (χ2n) is 6.01. The van der Waals surface area contributed by atoms with Crippen molar-refractivity contribution in [3.8, 4) is 0 Å². The summed E-state index contributed by atoms with van der Waals surface area (Å²) in [4.78, 5) is 2.80. The average Bonchev–Trinajstić information content (AvgIpc) is 2.98. The summed E-state index contributed by atoms with van der Waals surface area (Å²) < 4.78 is 0. The van der Waals surface area contributed by atoms with E-state index in [1.807, 2.05) is 11.3 Å². The van der Waals surface area contributed by atoms with Gasteiger partial charge in [-0.3, -0.25) is 0 Å². The van der Waals surface area contributed by atoms with E-state index in [2.05, 4.69) is 13.0 Å². The van der Waals surface area contributed by atoms with E-state index in [-0.39, 0.29) is 6.10 Å². The van der Waals surface area contributed by atoms with Crippen LogP contribution < -0.4 is 0 Å². The summed E-state index contributed by atoms with van der Waals surface area (Å²) in [6.07, 6.45) is 10.1. The summed E-state index contributed by atoms with van der Waals surface area (Å²) in [6, 6.07) is 2.30. The molecule has 0 amide bonds. The second-order valence-corrected chi connectivity index (χ2v) is 7.18. The molecule has 0 saturated heterocycles. The predicted molar refractivity (Wildman–Crippen MR) is 77.0 cm³/mol. The van der Waals surface area contributed by atoms with Crippen molar-refractivity contribution in [1.82, 2.24) is 0 Å². The van der Waals surface area contributed by atoms with Crippen LogP contribution in [-0.2, 0) is 12.8 Å². The molecule has 0 spiro atoms. The van der Waals surface area contributed by atoms with Gasteiger partial charge in [0.15, 0.2) is 0 Å². The van der Waals surface area contributed by atoms with Gasteiger partial charge in [0.25, 0.3) is 0 Å². The van der Waals surface area contributed by atoms with Gasteiger partial charge in [-0.1, -0.05) is 32.6 Å². The smallest absolute Gasteiger partial charge is 0.0912 e. The molecule has 1 N–H and O–H groups in total. The fourth-order valence-corrected chi connectivity index (χ4v) is 5.19. The van der Waals surface area contributed by atoms with Crippen molar-refractivity contribution in [2.45, 2.75) is 64.4 Å². The molecule has 3 atom stereocenters. The number of hydrogen-bond donors (Lipinski definition) is 1. The molecule has 2 aliphatic rings. The summed E-state index contributed by atoms with van der Waals surface area (Å²) >= 11 is 1.89. The number of rotatable bonds is 3. The molecule has 0 radical (unpaired) electrons. The van der Waals surface area contributed by atoms with Gasteiger partial charge >= 0.3 is 0 Å². The molecular formula is C16H24OS. The maximum absolute atomic E-state index is 10.7. The van der Waals surface area contributed by atoms with Crippen molar-refractivity contribution in [3.63, 3.8) is 0 Å². The van der Waals surface area contributed by atoms with Crippen LogP contribution in [-0.4, -0.2) is 5.11 Å². The molecule has 1 heterocycles. The normalized spacial score (nSPS) is 29.2. The SMILES string of the molecule is CCC1CCCCC1C(O)c1cc2c(s1)CCC2. The minimum absolute atomic E-state index is 0.189. The largest absolute Gasteiger partial charge is 0.387 e. The molecule has 1 fully saturated rings. The number of aliphatic hydroxyl groups is 1. The lowest BCUT2D eigenvalue weighted by atomic mass is 9.74. The molecular weight excluding hydrogens is 240 g/mol. The molecule has 1 aromatic rings. The Morgan fingerprint density at radius 2 is 2.11 bits per heavy atom. The van der Waals surface area contributed by atoms with Crippen molar-refractivity contribution in [3.05, 3.63) is 21.4 Å². The van der Waals surface area contributed by atoms with Crippen molar-refractivity contribution in [1.29, 1.82) is 0 Å². The zero-order valence-electron chi connectivity index (χ0n) is 11.3. The van der Waals surface area contributed by atoms with Gasteiger partial charge in [-0.05, 0) is 49.1 Å². The Morgan fingerprint density at radius 3 is 2.89 bits per heavy atom. The summed E-state index contributed by atoms with van der Waals surface area (Å²) in [5, 5.41) is 10.7. The van der Waals surface area contributed by atoms with Gasteiger partial charge in [-0.2, -0.15) is 0 Å². The maximum atomic E-state index is 10.7. The number of thiophene rings is 1. The quantitative estimate of drug-likeness (QED) is 0.853. The van der Waals surface area contributed by atoms with E-state index in [4.69, 9.17) is 0 Å². The van der Waals surface area contributed by atoms with Crippen molar-refractivity contribution >= 4 is 11.3 Å². The van der Waals surface area contributed by atoms with Crippen molar-refractivity contribution < 1.29 is 5.11 Å². The third-order valence-corrected chi connectivity index (χ3v) is 6.26. The summed E-state index contributed by atoms with van der Waals surface area (Å²) in [7, 11) is 0. The Labute approximate surface area is 114 Å². The maximum Gasteiger partial charge on any atom is 0.0912 e. The predicted octanol–water partition coefficient (Wildman–Crippen LogP) is 4.49. The molecule has 1 saturated carbocycles. The molecule has 1 nitrogen and oxygen atoms in total. The highest BCUT2D eigenvalue weighted by Crippen LogP contribution is 2.43. The fraction of sp³-hybridized carbons (Fsp3) is 0.750. The van der Waals surface area contributed by atoms with Crippen LogP contribution >= 0.6 is 11.3 Å². The topological polar surface area (TPSA) is 20.2 Å². The van der Waals surface area contributed by atoms with Crippen LogP contribution in [0.25, 0.3) is 0 Å². The molecule has 3 unspecified atom stereocenters. The lowest BCUT2D eigenvalue weighted by molar-refractivity contribution is 0.0477. The van der Waals surface area contributed by atoms with E-state index >= 15 is 0 Å². The Hall–Kier alpha value is -0.340.